The highest BCUT2D eigenvalue weighted by Gasteiger charge is 2.10. The second-order valence-corrected chi connectivity index (χ2v) is 6.04. The van der Waals surface area contributed by atoms with Crippen molar-refractivity contribution in [2.75, 3.05) is 40.3 Å². The van der Waals surface area contributed by atoms with Crippen LogP contribution in [-0.4, -0.2) is 71.6 Å². The van der Waals surface area contributed by atoms with Crippen LogP contribution in [0.5, 0.6) is 0 Å². The molecule has 0 fully saturated rings. The molecule has 0 aliphatic rings. The monoisotopic (exact) mass is 392 g/mol. The zero-order valence-corrected chi connectivity index (χ0v) is 16.2. The number of guanidine groups is 2. The summed E-state index contributed by atoms with van der Waals surface area (Å²) in [6.07, 6.45) is 3.89. The van der Waals surface area contributed by atoms with Gasteiger partial charge in [-0.15, -0.1) is 5.10 Å². The molecule has 0 radical (unpaired) electrons. The largest absolute Gasteiger partial charge is 0.359 e. The lowest BCUT2D eigenvalue weighted by Crippen LogP contribution is -2.39. The van der Waals surface area contributed by atoms with E-state index in [1.165, 1.54) is 21.3 Å². The van der Waals surface area contributed by atoms with Gasteiger partial charge in [0.1, 0.15) is 0 Å². The van der Waals surface area contributed by atoms with Gasteiger partial charge in [0.25, 0.3) is 0 Å². The van der Waals surface area contributed by atoms with Crippen LogP contribution in [0.4, 0.5) is 0 Å². The molecule has 0 aliphatic carbocycles. The van der Waals surface area contributed by atoms with E-state index in [0.717, 1.165) is 10.6 Å². The first-order valence-electron chi connectivity index (χ1n) is 8.16. The first-order valence-corrected chi connectivity index (χ1v) is 8.93. The van der Waals surface area contributed by atoms with Crippen molar-refractivity contribution in [3.05, 3.63) is 10.6 Å². The molecule has 1 rings (SSSR count). The average Bonchev–Trinajstić information content (AvgIpc) is 3.14. The molecular weight excluding hydrogens is 368 g/mol. The van der Waals surface area contributed by atoms with Crippen LogP contribution < -0.4 is 21.3 Å². The van der Waals surface area contributed by atoms with Gasteiger partial charge in [0, 0.05) is 53.4 Å². The molecule has 1 aromatic rings. The summed E-state index contributed by atoms with van der Waals surface area (Å²) in [6.45, 7) is 2.89. The van der Waals surface area contributed by atoms with Crippen molar-refractivity contribution >= 4 is 23.5 Å². The van der Waals surface area contributed by atoms with Gasteiger partial charge in [-0.2, -0.15) is 10.5 Å². The highest BCUT2D eigenvalue weighted by Crippen LogP contribution is 2.09. The molecule has 0 bridgehead atoms. The highest BCUT2D eigenvalue weighted by atomic mass is 32.1. The maximum absolute atomic E-state index is 8.98. The molecule has 0 unspecified atom stereocenters. The smallest absolute Gasteiger partial charge is 0.204 e. The van der Waals surface area contributed by atoms with Crippen molar-refractivity contribution in [3.8, 4) is 12.4 Å². The Morgan fingerprint density at radius 2 is 1.52 bits per heavy atom. The minimum atomic E-state index is 0.0530. The zero-order chi connectivity index (χ0) is 20.1. The third-order valence-corrected chi connectivity index (χ3v) is 4.26. The topological polar surface area (TPSA) is 176 Å². The fourth-order valence-corrected chi connectivity index (χ4v) is 2.60. The normalized spacial score (nSPS) is 9.78. The lowest BCUT2D eigenvalue weighted by atomic mass is 10.3. The average molecular weight is 392 g/mol. The summed E-state index contributed by atoms with van der Waals surface area (Å²) in [6, 6.07) is 0. The van der Waals surface area contributed by atoms with Crippen LogP contribution in [0, 0.1) is 33.7 Å². The van der Waals surface area contributed by atoms with Crippen LogP contribution in [-0.2, 0) is 13.1 Å². The fraction of sp³-hybridized carbons (Fsp3) is 0.571. The van der Waals surface area contributed by atoms with Crippen LogP contribution in [0.2, 0.25) is 0 Å². The Labute approximate surface area is 162 Å². The zero-order valence-electron chi connectivity index (χ0n) is 15.3. The number of hydrogen-bond acceptors (Lipinski definition) is 9. The van der Waals surface area contributed by atoms with Crippen molar-refractivity contribution in [2.45, 2.75) is 13.1 Å². The van der Waals surface area contributed by atoms with Crippen molar-refractivity contribution in [3.63, 3.8) is 0 Å². The van der Waals surface area contributed by atoms with E-state index in [1.54, 1.807) is 14.1 Å². The lowest BCUT2D eigenvalue weighted by molar-refractivity contribution is 0.510. The van der Waals surface area contributed by atoms with Gasteiger partial charge >= 0.3 is 0 Å². The molecule has 1 heterocycles. The third kappa shape index (κ3) is 7.41. The summed E-state index contributed by atoms with van der Waals surface area (Å²) in [5.41, 5.74) is 0.819. The first-order chi connectivity index (χ1) is 13.1. The quantitative estimate of drug-likeness (QED) is 0.0912. The molecule has 0 spiro atoms. The summed E-state index contributed by atoms with van der Waals surface area (Å²) >= 11 is 1.30. The molecular formula is C14H24N12S. The van der Waals surface area contributed by atoms with Gasteiger partial charge in [-0.25, -0.2) is 9.80 Å². The van der Waals surface area contributed by atoms with Crippen LogP contribution >= 0.6 is 11.5 Å². The van der Waals surface area contributed by atoms with Gasteiger partial charge in [-0.3, -0.25) is 10.8 Å². The molecule has 0 aliphatic heterocycles. The lowest BCUT2D eigenvalue weighted by Gasteiger charge is -2.16. The van der Waals surface area contributed by atoms with Crippen LogP contribution in [0.25, 0.3) is 0 Å². The minimum Gasteiger partial charge on any atom is -0.359 e. The van der Waals surface area contributed by atoms with Crippen LogP contribution in [0.15, 0.2) is 0 Å². The molecule has 13 heteroatoms. The standard InChI is InChI=1S/C14H24N12S/c1-19-13(17)25(9-15)5-3-21-7-11-12(27-24-23-11)8-22-4-6-26(10-16)14(18)20-2/h21-22H,3-8H2,1-2H3,(H2,17,19)(H2,18,20). The number of hydrogen-bond donors (Lipinski definition) is 6. The number of rotatable bonds is 10. The first kappa shape index (κ1) is 22.0. The van der Waals surface area contributed by atoms with E-state index in [0.29, 0.717) is 39.3 Å². The number of nitrogens with zero attached hydrogens (tertiary/aromatic N) is 6. The maximum atomic E-state index is 8.98. The Kier molecular flexibility index (Phi) is 10.1. The molecule has 0 atom stereocenters. The SMILES string of the molecule is CNC(=N)N(C#N)CCNCc1nnsc1CNCCN(C#N)C(=N)NC. The fourth-order valence-electron chi connectivity index (χ4n) is 1.98. The molecule has 12 nitrogen and oxygen atoms in total. The third-order valence-electron chi connectivity index (χ3n) is 3.49. The molecule has 0 aromatic carbocycles. The van der Waals surface area contributed by atoms with Gasteiger partial charge in [0.15, 0.2) is 12.4 Å². The molecule has 146 valence electrons. The second kappa shape index (κ2) is 12.4. The summed E-state index contributed by atoms with van der Waals surface area (Å²) in [5, 5.41) is 48.9. The predicted molar refractivity (Wildman–Crippen MR) is 102 cm³/mol. The van der Waals surface area contributed by atoms with Crippen molar-refractivity contribution in [1.29, 1.82) is 21.3 Å². The van der Waals surface area contributed by atoms with Gasteiger partial charge in [-0.05, 0) is 11.5 Å². The number of nitriles is 2. The van der Waals surface area contributed by atoms with Crippen LogP contribution in [0.3, 0.4) is 0 Å². The summed E-state index contributed by atoms with van der Waals surface area (Å²) in [4.78, 5) is 3.48. The Morgan fingerprint density at radius 1 is 1.00 bits per heavy atom. The Morgan fingerprint density at radius 3 is 2.00 bits per heavy atom. The summed E-state index contributed by atoms with van der Waals surface area (Å²) in [7, 11) is 3.19. The van der Waals surface area contributed by atoms with Crippen molar-refractivity contribution in [2.24, 2.45) is 0 Å². The van der Waals surface area contributed by atoms with Gasteiger partial charge in [0.05, 0.1) is 10.6 Å². The van der Waals surface area contributed by atoms with E-state index in [-0.39, 0.29) is 11.9 Å². The Balaban J connectivity index is 2.34. The van der Waals surface area contributed by atoms with Gasteiger partial charge in [-0.1, -0.05) is 4.49 Å². The van der Waals surface area contributed by atoms with Gasteiger partial charge < -0.3 is 21.3 Å². The predicted octanol–water partition coefficient (Wildman–Crippen LogP) is -1.41. The van der Waals surface area contributed by atoms with E-state index >= 15 is 0 Å². The number of aromatic nitrogens is 2. The molecule has 0 saturated heterocycles. The Hall–Kier alpha value is -3.00. The van der Waals surface area contributed by atoms with E-state index in [9.17, 15) is 0 Å². The van der Waals surface area contributed by atoms with E-state index in [1.807, 2.05) is 12.4 Å². The van der Waals surface area contributed by atoms with E-state index in [2.05, 4.69) is 30.9 Å². The Bertz CT molecular complexity index is 631. The molecule has 0 saturated carbocycles. The van der Waals surface area contributed by atoms with Crippen molar-refractivity contribution in [1.82, 2.24) is 40.7 Å². The van der Waals surface area contributed by atoms with E-state index in [4.69, 9.17) is 21.3 Å². The van der Waals surface area contributed by atoms with Crippen LogP contribution in [0.1, 0.15) is 10.6 Å². The minimum absolute atomic E-state index is 0.0530. The van der Waals surface area contributed by atoms with E-state index < -0.39 is 0 Å². The number of nitrogens with one attached hydrogen (secondary N) is 6. The molecule has 0 amide bonds. The second-order valence-electron chi connectivity index (χ2n) is 5.20. The van der Waals surface area contributed by atoms with Gasteiger partial charge in [0.2, 0.25) is 11.9 Å². The van der Waals surface area contributed by atoms with Crippen molar-refractivity contribution < 1.29 is 0 Å². The summed E-state index contributed by atoms with van der Waals surface area (Å²) in [5.74, 6) is 0.110. The summed E-state index contributed by atoms with van der Waals surface area (Å²) < 4.78 is 3.96. The molecule has 1 aromatic heterocycles. The maximum Gasteiger partial charge on any atom is 0.204 e. The molecule has 27 heavy (non-hydrogen) atoms. The highest BCUT2D eigenvalue weighted by molar-refractivity contribution is 7.05. The molecule has 6 N–H and O–H groups in total.